The first-order valence-electron chi connectivity index (χ1n) is 9.83. The summed E-state index contributed by atoms with van der Waals surface area (Å²) in [6.07, 6.45) is 0.225. The van der Waals surface area contributed by atoms with E-state index in [1.165, 1.54) is 24.0 Å². The van der Waals surface area contributed by atoms with E-state index < -0.39 is 23.9 Å². The molecule has 0 aliphatic carbocycles. The second kappa shape index (κ2) is 9.61. The molecule has 2 aromatic rings. The molecule has 0 aromatic heterocycles. The molecule has 1 aliphatic heterocycles. The van der Waals surface area contributed by atoms with Crippen LogP contribution in [0, 0.1) is 6.92 Å². The Morgan fingerprint density at radius 1 is 1.19 bits per heavy atom. The third-order valence-corrected chi connectivity index (χ3v) is 4.89. The Morgan fingerprint density at radius 2 is 1.88 bits per heavy atom. The van der Waals surface area contributed by atoms with Crippen molar-refractivity contribution in [3.05, 3.63) is 59.2 Å². The Kier molecular flexibility index (Phi) is 6.89. The van der Waals surface area contributed by atoms with Crippen molar-refractivity contribution in [2.45, 2.75) is 26.9 Å². The van der Waals surface area contributed by atoms with E-state index in [0.717, 1.165) is 5.56 Å². The number of carboxylic acid groups (broad SMARTS) is 1. The number of ether oxygens (including phenoxy) is 2. The van der Waals surface area contributed by atoms with E-state index in [-0.39, 0.29) is 22.2 Å². The van der Waals surface area contributed by atoms with Crippen molar-refractivity contribution in [3.8, 4) is 11.5 Å². The number of nitrogens with one attached hydrogen (secondary N) is 1. The van der Waals surface area contributed by atoms with Crippen LogP contribution in [-0.2, 0) is 14.4 Å². The molecule has 0 radical (unpaired) electrons. The third-order valence-electron chi connectivity index (χ3n) is 4.61. The van der Waals surface area contributed by atoms with Gasteiger partial charge in [0.1, 0.15) is 11.7 Å². The van der Waals surface area contributed by atoms with E-state index >= 15 is 0 Å². The molecule has 3 rings (SSSR count). The molecule has 9 heteroatoms. The van der Waals surface area contributed by atoms with Gasteiger partial charge >= 0.3 is 0 Å². The Hall–Kier alpha value is -3.72. The average Bonchev–Trinajstić information content (AvgIpc) is 2.74. The van der Waals surface area contributed by atoms with Gasteiger partial charge < -0.3 is 19.4 Å². The summed E-state index contributed by atoms with van der Waals surface area (Å²) in [7, 11) is 0. The van der Waals surface area contributed by atoms with Crippen molar-refractivity contribution in [1.82, 2.24) is 5.32 Å². The predicted molar refractivity (Wildman–Crippen MR) is 120 cm³/mol. The highest BCUT2D eigenvalue weighted by Gasteiger charge is 2.34. The van der Waals surface area contributed by atoms with E-state index in [9.17, 15) is 19.5 Å². The van der Waals surface area contributed by atoms with Crippen LogP contribution in [0.25, 0.3) is 6.08 Å². The Morgan fingerprint density at radius 3 is 2.50 bits per heavy atom. The maximum absolute atomic E-state index is 13.1. The number of anilines is 1. The van der Waals surface area contributed by atoms with Gasteiger partial charge in [-0.05, 0) is 68.9 Å². The van der Waals surface area contributed by atoms with E-state index in [4.69, 9.17) is 21.7 Å². The van der Waals surface area contributed by atoms with Crippen molar-refractivity contribution < 1.29 is 29.0 Å². The number of hydrogen-bond acceptors (Lipinski definition) is 7. The van der Waals surface area contributed by atoms with Crippen molar-refractivity contribution in [3.63, 3.8) is 0 Å². The summed E-state index contributed by atoms with van der Waals surface area (Å²) in [6, 6.07) is 11.8. The summed E-state index contributed by atoms with van der Waals surface area (Å²) in [6.45, 7) is 5.32. The number of amides is 2. The maximum atomic E-state index is 13.1. The molecule has 1 heterocycles. The van der Waals surface area contributed by atoms with Gasteiger partial charge in [0.05, 0.1) is 18.3 Å². The number of carbonyl (C=O) groups excluding carboxylic acids is 3. The topological polar surface area (TPSA) is 108 Å². The molecular weight excluding hydrogens is 432 g/mol. The zero-order valence-electron chi connectivity index (χ0n) is 17.7. The fraction of sp³-hybridized carbons (Fsp3) is 0.217. The molecule has 2 aromatic carbocycles. The van der Waals surface area contributed by atoms with Crippen molar-refractivity contribution >= 4 is 46.9 Å². The highest BCUT2D eigenvalue weighted by molar-refractivity contribution is 7.80. The van der Waals surface area contributed by atoms with Crippen LogP contribution in [0.3, 0.4) is 0 Å². The quantitative estimate of drug-likeness (QED) is 0.387. The number of carbonyl (C=O) groups is 3. The lowest BCUT2D eigenvalue weighted by atomic mass is 10.1. The van der Waals surface area contributed by atoms with Gasteiger partial charge in [0.25, 0.3) is 11.8 Å². The standard InChI is InChI=1S/C23H22N2O6S/c1-4-30-19-12-15(7-10-18(19)31-14(3)22(28)29)11-17-20(26)24-23(32)25(21(17)27)16-8-5-13(2)6-9-16/h5-12,14H,4H2,1-3H3,(H,28,29)(H,24,26,32)/p-1/b17-11+/t14-/m0/s1. The first-order valence-corrected chi connectivity index (χ1v) is 10.2. The van der Waals surface area contributed by atoms with Crippen LogP contribution >= 0.6 is 12.2 Å². The van der Waals surface area contributed by atoms with Gasteiger partial charge in [-0.1, -0.05) is 23.8 Å². The summed E-state index contributed by atoms with van der Waals surface area (Å²) in [5.74, 6) is -2.08. The van der Waals surface area contributed by atoms with Crippen molar-refractivity contribution in [1.29, 1.82) is 0 Å². The monoisotopic (exact) mass is 453 g/mol. The van der Waals surface area contributed by atoms with Crippen LogP contribution in [-0.4, -0.2) is 35.6 Å². The van der Waals surface area contributed by atoms with Crippen LogP contribution in [0.5, 0.6) is 11.5 Å². The third kappa shape index (κ3) is 4.94. The average molecular weight is 453 g/mol. The van der Waals surface area contributed by atoms with E-state index in [1.54, 1.807) is 31.2 Å². The fourth-order valence-corrected chi connectivity index (χ4v) is 3.25. The molecule has 0 saturated carbocycles. The highest BCUT2D eigenvalue weighted by Crippen LogP contribution is 2.31. The molecule has 0 unspecified atom stereocenters. The minimum Gasteiger partial charge on any atom is -0.546 e. The number of nitrogens with zero attached hydrogens (tertiary/aromatic N) is 1. The summed E-state index contributed by atoms with van der Waals surface area (Å²) in [5, 5.41) is 13.5. The molecule has 1 aliphatic rings. The largest absolute Gasteiger partial charge is 0.546 e. The van der Waals surface area contributed by atoms with Gasteiger partial charge in [0.15, 0.2) is 16.6 Å². The van der Waals surface area contributed by atoms with Crippen LogP contribution in [0.2, 0.25) is 0 Å². The number of hydrogen-bond donors (Lipinski definition) is 1. The number of carboxylic acids is 1. The van der Waals surface area contributed by atoms with Crippen molar-refractivity contribution in [2.24, 2.45) is 0 Å². The van der Waals surface area contributed by atoms with E-state index in [0.29, 0.717) is 17.9 Å². The lowest BCUT2D eigenvalue weighted by Crippen LogP contribution is -2.54. The molecule has 32 heavy (non-hydrogen) atoms. The predicted octanol–water partition coefficient (Wildman–Crippen LogP) is 1.74. The van der Waals surface area contributed by atoms with Gasteiger partial charge in [0.2, 0.25) is 0 Å². The summed E-state index contributed by atoms with van der Waals surface area (Å²) < 4.78 is 10.9. The first-order chi connectivity index (χ1) is 15.2. The Bertz CT molecular complexity index is 1110. The maximum Gasteiger partial charge on any atom is 0.270 e. The molecule has 8 nitrogen and oxygen atoms in total. The normalized spacial score (nSPS) is 16.0. The number of aryl methyl sites for hydroxylation is 1. The second-order valence-electron chi connectivity index (χ2n) is 7.01. The minimum absolute atomic E-state index is 0.00368. The van der Waals surface area contributed by atoms with Gasteiger partial charge in [-0.2, -0.15) is 0 Å². The number of thiocarbonyl (C=S) groups is 1. The summed E-state index contributed by atoms with van der Waals surface area (Å²) >= 11 is 5.20. The summed E-state index contributed by atoms with van der Waals surface area (Å²) in [4.78, 5) is 37.9. The molecule has 1 N–H and O–H groups in total. The Labute approximate surface area is 190 Å². The molecular formula is C23H21N2O6S-. The van der Waals surface area contributed by atoms with Gasteiger partial charge in [-0.15, -0.1) is 0 Å². The van der Waals surface area contributed by atoms with Gasteiger partial charge in [0, 0.05) is 0 Å². The van der Waals surface area contributed by atoms with E-state index in [1.807, 2.05) is 19.1 Å². The van der Waals surface area contributed by atoms with Gasteiger partial charge in [-0.3, -0.25) is 19.8 Å². The second-order valence-corrected chi connectivity index (χ2v) is 7.40. The number of rotatable bonds is 7. The zero-order chi connectivity index (χ0) is 23.4. The van der Waals surface area contributed by atoms with Crippen LogP contribution in [0.15, 0.2) is 48.0 Å². The number of benzene rings is 2. The zero-order valence-corrected chi connectivity index (χ0v) is 18.5. The molecule has 1 atom stereocenters. The molecule has 2 amide bonds. The lowest BCUT2D eigenvalue weighted by molar-refractivity contribution is -0.312. The minimum atomic E-state index is -1.37. The van der Waals surface area contributed by atoms with Crippen LogP contribution in [0.1, 0.15) is 25.0 Å². The van der Waals surface area contributed by atoms with Crippen LogP contribution < -0.4 is 24.8 Å². The smallest absolute Gasteiger partial charge is 0.270 e. The van der Waals surface area contributed by atoms with Crippen LogP contribution in [0.4, 0.5) is 5.69 Å². The SMILES string of the molecule is CCOc1cc(/C=C2\C(=O)NC(=S)N(c3ccc(C)cc3)C2=O)ccc1O[C@@H](C)C(=O)[O-]. The lowest BCUT2D eigenvalue weighted by Gasteiger charge is -2.29. The van der Waals surface area contributed by atoms with Crippen molar-refractivity contribution in [2.75, 3.05) is 11.5 Å². The first kappa shape index (κ1) is 23.0. The van der Waals surface area contributed by atoms with Gasteiger partial charge in [-0.25, -0.2) is 0 Å². The molecule has 1 fully saturated rings. The van der Waals surface area contributed by atoms with E-state index in [2.05, 4.69) is 5.32 Å². The molecule has 0 bridgehead atoms. The fourth-order valence-electron chi connectivity index (χ4n) is 2.97. The number of aliphatic carboxylic acids is 1. The molecule has 166 valence electrons. The Balaban J connectivity index is 1.96. The molecule has 1 saturated heterocycles. The molecule has 0 spiro atoms. The highest BCUT2D eigenvalue weighted by atomic mass is 32.1. The summed E-state index contributed by atoms with van der Waals surface area (Å²) in [5.41, 5.74) is 1.92.